The lowest BCUT2D eigenvalue weighted by molar-refractivity contribution is -0.180. The SMILES string of the molecule is O=C(COCC(F)(F)F)N1CCOCC1C1CCCC1O. The van der Waals surface area contributed by atoms with Crippen molar-refractivity contribution in [2.24, 2.45) is 5.92 Å². The molecule has 0 bridgehead atoms. The van der Waals surface area contributed by atoms with Crippen molar-refractivity contribution < 1.29 is 32.5 Å². The molecule has 0 spiro atoms. The second kappa shape index (κ2) is 6.93. The molecular formula is C13H20F3NO4. The molecule has 0 aromatic rings. The van der Waals surface area contributed by atoms with Gasteiger partial charge in [0.05, 0.1) is 25.4 Å². The number of halogens is 3. The van der Waals surface area contributed by atoms with E-state index in [2.05, 4.69) is 4.74 Å². The van der Waals surface area contributed by atoms with Gasteiger partial charge in [0.25, 0.3) is 0 Å². The van der Waals surface area contributed by atoms with Gasteiger partial charge < -0.3 is 19.5 Å². The van der Waals surface area contributed by atoms with E-state index >= 15 is 0 Å². The Morgan fingerprint density at radius 1 is 1.38 bits per heavy atom. The van der Waals surface area contributed by atoms with Crippen molar-refractivity contribution >= 4 is 5.91 Å². The van der Waals surface area contributed by atoms with Crippen molar-refractivity contribution in [1.82, 2.24) is 4.90 Å². The van der Waals surface area contributed by atoms with Crippen molar-refractivity contribution in [3.63, 3.8) is 0 Å². The van der Waals surface area contributed by atoms with E-state index in [1.54, 1.807) is 0 Å². The number of rotatable bonds is 4. The fourth-order valence-electron chi connectivity index (χ4n) is 3.04. The molecule has 1 amide bonds. The predicted octanol–water partition coefficient (Wildman–Crippen LogP) is 0.954. The fraction of sp³-hybridized carbons (Fsp3) is 0.923. The van der Waals surface area contributed by atoms with Crippen LogP contribution in [0.4, 0.5) is 13.2 Å². The molecule has 0 aromatic carbocycles. The molecule has 3 unspecified atom stereocenters. The zero-order valence-electron chi connectivity index (χ0n) is 11.6. The quantitative estimate of drug-likeness (QED) is 0.840. The lowest BCUT2D eigenvalue weighted by Crippen LogP contribution is -2.54. The smallest absolute Gasteiger partial charge is 0.393 e. The highest BCUT2D eigenvalue weighted by Gasteiger charge is 2.39. The first kappa shape index (κ1) is 16.5. The van der Waals surface area contributed by atoms with Crippen LogP contribution in [0.2, 0.25) is 0 Å². The number of hydrogen-bond donors (Lipinski definition) is 1. The number of hydrogen-bond acceptors (Lipinski definition) is 4. The van der Waals surface area contributed by atoms with Crippen molar-refractivity contribution in [3.8, 4) is 0 Å². The maximum atomic E-state index is 12.1. The number of ether oxygens (including phenoxy) is 2. The lowest BCUT2D eigenvalue weighted by atomic mass is 9.94. The van der Waals surface area contributed by atoms with E-state index in [-0.39, 0.29) is 12.0 Å². The lowest BCUT2D eigenvalue weighted by Gasteiger charge is -2.40. The van der Waals surface area contributed by atoms with Crippen LogP contribution in [0.25, 0.3) is 0 Å². The number of aliphatic hydroxyl groups excluding tert-OH is 1. The summed E-state index contributed by atoms with van der Waals surface area (Å²) in [5, 5.41) is 9.95. The largest absolute Gasteiger partial charge is 0.411 e. The van der Waals surface area contributed by atoms with Crippen molar-refractivity contribution in [3.05, 3.63) is 0 Å². The zero-order chi connectivity index (χ0) is 15.5. The van der Waals surface area contributed by atoms with E-state index < -0.39 is 31.4 Å². The van der Waals surface area contributed by atoms with Crippen LogP contribution in [-0.2, 0) is 14.3 Å². The van der Waals surface area contributed by atoms with E-state index in [0.717, 1.165) is 12.8 Å². The minimum absolute atomic E-state index is 0.0723. The molecular weight excluding hydrogens is 291 g/mol. The standard InChI is InChI=1S/C13H20F3NO4/c14-13(15,16)8-21-7-12(19)17-4-5-20-6-10(17)9-2-1-3-11(9)18/h9-11,18H,1-8H2. The van der Waals surface area contributed by atoms with E-state index in [1.807, 2.05) is 0 Å². The van der Waals surface area contributed by atoms with E-state index in [0.29, 0.717) is 26.2 Å². The van der Waals surface area contributed by atoms with Crippen LogP contribution in [0.5, 0.6) is 0 Å². The molecule has 0 radical (unpaired) electrons. The molecule has 1 aliphatic carbocycles. The molecule has 21 heavy (non-hydrogen) atoms. The van der Waals surface area contributed by atoms with Gasteiger partial charge in [0.15, 0.2) is 0 Å². The molecule has 1 saturated carbocycles. The van der Waals surface area contributed by atoms with Crippen LogP contribution in [0.1, 0.15) is 19.3 Å². The summed E-state index contributed by atoms with van der Waals surface area (Å²) in [6.45, 7) is -1.04. The second-order valence-corrected chi connectivity index (χ2v) is 5.50. The van der Waals surface area contributed by atoms with Gasteiger partial charge in [-0.1, -0.05) is 6.42 Å². The van der Waals surface area contributed by atoms with Gasteiger partial charge in [0.2, 0.25) is 5.91 Å². The van der Waals surface area contributed by atoms with E-state index in [1.165, 1.54) is 4.90 Å². The minimum atomic E-state index is -4.44. The van der Waals surface area contributed by atoms with Crippen molar-refractivity contribution in [1.29, 1.82) is 0 Å². The third-order valence-electron chi connectivity index (χ3n) is 4.00. The Labute approximate surface area is 121 Å². The summed E-state index contributed by atoms with van der Waals surface area (Å²) >= 11 is 0. The molecule has 5 nitrogen and oxygen atoms in total. The van der Waals surface area contributed by atoms with Gasteiger partial charge in [-0.05, 0) is 12.8 Å². The average Bonchev–Trinajstić information content (AvgIpc) is 2.83. The molecule has 122 valence electrons. The average molecular weight is 311 g/mol. The van der Waals surface area contributed by atoms with Crippen LogP contribution in [0.3, 0.4) is 0 Å². The van der Waals surface area contributed by atoms with Gasteiger partial charge in [-0.15, -0.1) is 0 Å². The molecule has 3 atom stereocenters. The summed E-state index contributed by atoms with van der Waals surface area (Å²) in [7, 11) is 0. The number of carbonyl (C=O) groups excluding carboxylic acids is 1. The van der Waals surface area contributed by atoms with Crippen molar-refractivity contribution in [2.75, 3.05) is 33.0 Å². The molecule has 2 rings (SSSR count). The molecule has 2 aliphatic rings. The Morgan fingerprint density at radius 2 is 2.14 bits per heavy atom. The van der Waals surface area contributed by atoms with Crippen LogP contribution < -0.4 is 0 Å². The predicted molar refractivity (Wildman–Crippen MR) is 66.5 cm³/mol. The first-order chi connectivity index (χ1) is 9.88. The summed E-state index contributed by atoms with van der Waals surface area (Å²) in [4.78, 5) is 13.6. The highest BCUT2D eigenvalue weighted by Crippen LogP contribution is 2.32. The van der Waals surface area contributed by atoms with Crippen LogP contribution in [0.15, 0.2) is 0 Å². The third kappa shape index (κ3) is 4.55. The molecule has 1 N–H and O–H groups in total. The van der Waals surface area contributed by atoms with Gasteiger partial charge in [0.1, 0.15) is 13.2 Å². The number of aliphatic hydroxyl groups is 1. The monoisotopic (exact) mass is 311 g/mol. The van der Waals surface area contributed by atoms with Gasteiger partial charge >= 0.3 is 6.18 Å². The van der Waals surface area contributed by atoms with Gasteiger partial charge in [-0.2, -0.15) is 13.2 Å². The summed E-state index contributed by atoms with van der Waals surface area (Å²) in [6.07, 6.45) is -2.56. The van der Waals surface area contributed by atoms with Gasteiger partial charge in [-0.3, -0.25) is 4.79 Å². The number of amides is 1. The molecule has 1 heterocycles. The third-order valence-corrected chi connectivity index (χ3v) is 4.00. The molecule has 8 heteroatoms. The van der Waals surface area contributed by atoms with Crippen molar-refractivity contribution in [2.45, 2.75) is 37.6 Å². The maximum absolute atomic E-state index is 12.1. The normalized spacial score (nSPS) is 30.7. The van der Waals surface area contributed by atoms with E-state index in [4.69, 9.17) is 4.74 Å². The van der Waals surface area contributed by atoms with E-state index in [9.17, 15) is 23.1 Å². The first-order valence-corrected chi connectivity index (χ1v) is 7.08. The van der Waals surface area contributed by atoms with Gasteiger partial charge in [-0.25, -0.2) is 0 Å². The molecule has 1 aliphatic heterocycles. The molecule has 2 fully saturated rings. The summed E-state index contributed by atoms with van der Waals surface area (Å²) in [6, 6.07) is -0.279. The Kier molecular flexibility index (Phi) is 5.45. The highest BCUT2D eigenvalue weighted by atomic mass is 19.4. The Balaban J connectivity index is 1.90. The maximum Gasteiger partial charge on any atom is 0.411 e. The number of morpholine rings is 1. The molecule has 1 saturated heterocycles. The summed E-state index contributed by atoms with van der Waals surface area (Å²) in [5.41, 5.74) is 0. The second-order valence-electron chi connectivity index (χ2n) is 5.50. The molecule has 0 aromatic heterocycles. The minimum Gasteiger partial charge on any atom is -0.393 e. The number of carbonyl (C=O) groups is 1. The fourth-order valence-corrected chi connectivity index (χ4v) is 3.04. The van der Waals surface area contributed by atoms with Crippen LogP contribution >= 0.6 is 0 Å². The highest BCUT2D eigenvalue weighted by molar-refractivity contribution is 5.78. The topological polar surface area (TPSA) is 59.0 Å². The summed E-state index contributed by atoms with van der Waals surface area (Å²) < 4.78 is 45.8. The Morgan fingerprint density at radius 3 is 2.76 bits per heavy atom. The summed E-state index contributed by atoms with van der Waals surface area (Å²) in [5.74, 6) is -0.552. The zero-order valence-corrected chi connectivity index (χ0v) is 11.6. The van der Waals surface area contributed by atoms with Crippen LogP contribution in [0, 0.1) is 5.92 Å². The Hall–Kier alpha value is -0.860. The Bertz CT molecular complexity index is 364. The number of alkyl halides is 3. The van der Waals surface area contributed by atoms with Crippen LogP contribution in [-0.4, -0.2) is 67.2 Å². The first-order valence-electron chi connectivity index (χ1n) is 7.08. The van der Waals surface area contributed by atoms with Gasteiger partial charge in [0, 0.05) is 12.5 Å². The number of nitrogens with zero attached hydrogens (tertiary/aromatic N) is 1.